The second-order valence-electron chi connectivity index (χ2n) is 2.54. The summed E-state index contributed by atoms with van der Waals surface area (Å²) in [6.07, 6.45) is 0.890. The van der Waals surface area contributed by atoms with Crippen molar-refractivity contribution in [3.05, 3.63) is 11.8 Å². The number of primary amides is 1. The van der Waals surface area contributed by atoms with Gasteiger partial charge in [-0.25, -0.2) is 0 Å². The van der Waals surface area contributed by atoms with Crippen molar-refractivity contribution in [1.29, 1.82) is 0 Å². The van der Waals surface area contributed by atoms with E-state index in [1.165, 1.54) is 10.7 Å². The molecule has 1 aromatic rings. The average molecular weight is 168 g/mol. The molecule has 5 heteroatoms. The highest BCUT2D eigenvalue weighted by Gasteiger charge is 2.09. The molecule has 0 bridgehead atoms. The summed E-state index contributed by atoms with van der Waals surface area (Å²) >= 11 is 0. The Balaban J connectivity index is 2.99. The van der Waals surface area contributed by atoms with Crippen LogP contribution >= 0.6 is 0 Å². The fourth-order valence-electron chi connectivity index (χ4n) is 1.02. The number of hydrogen-bond acceptors (Lipinski definition) is 3. The second kappa shape index (κ2) is 3.25. The van der Waals surface area contributed by atoms with E-state index in [-0.39, 0.29) is 0 Å². The van der Waals surface area contributed by atoms with E-state index in [9.17, 15) is 4.79 Å². The van der Waals surface area contributed by atoms with E-state index < -0.39 is 5.91 Å². The van der Waals surface area contributed by atoms with Gasteiger partial charge in [-0.2, -0.15) is 5.10 Å². The van der Waals surface area contributed by atoms with Crippen LogP contribution in [0.2, 0.25) is 0 Å². The first-order chi connectivity index (χ1) is 5.65. The smallest absolute Gasteiger partial charge is 0.267 e. The van der Waals surface area contributed by atoms with Crippen molar-refractivity contribution in [3.63, 3.8) is 0 Å². The molecule has 1 aromatic heterocycles. The molecule has 0 atom stereocenters. The molecule has 1 heterocycles. The van der Waals surface area contributed by atoms with Gasteiger partial charge >= 0.3 is 0 Å². The lowest BCUT2D eigenvalue weighted by atomic mass is 10.4. The number of amides is 1. The van der Waals surface area contributed by atoms with Crippen molar-refractivity contribution < 1.29 is 4.79 Å². The third-order valence-corrected chi connectivity index (χ3v) is 1.49. The minimum absolute atomic E-state index is 0.331. The third-order valence-electron chi connectivity index (χ3n) is 1.49. The summed E-state index contributed by atoms with van der Waals surface area (Å²) in [4.78, 5) is 10.8. The predicted octanol–water partition coefficient (Wildman–Crippen LogP) is -0.0258. The Bertz CT molecular complexity index is 292. The van der Waals surface area contributed by atoms with Gasteiger partial charge in [-0.05, 0) is 6.42 Å². The second-order valence-corrected chi connectivity index (χ2v) is 2.54. The zero-order chi connectivity index (χ0) is 9.14. The molecule has 0 saturated heterocycles. The SMILES string of the molecule is CCCn1nc(N)cc1C(N)=O. The fraction of sp³-hybridized carbons (Fsp3) is 0.429. The van der Waals surface area contributed by atoms with Crippen LogP contribution in [-0.4, -0.2) is 15.7 Å². The molecule has 0 radical (unpaired) electrons. The molecule has 0 aromatic carbocycles. The minimum Gasteiger partial charge on any atom is -0.382 e. The van der Waals surface area contributed by atoms with Crippen molar-refractivity contribution >= 4 is 11.7 Å². The van der Waals surface area contributed by atoms with Gasteiger partial charge in [0.25, 0.3) is 5.91 Å². The van der Waals surface area contributed by atoms with Crippen LogP contribution in [0.3, 0.4) is 0 Å². The number of rotatable bonds is 3. The molecule has 0 fully saturated rings. The maximum absolute atomic E-state index is 10.8. The van der Waals surface area contributed by atoms with Crippen LogP contribution in [0.5, 0.6) is 0 Å². The Hall–Kier alpha value is -1.52. The van der Waals surface area contributed by atoms with Gasteiger partial charge < -0.3 is 11.5 Å². The molecule has 0 spiro atoms. The number of anilines is 1. The Kier molecular flexibility index (Phi) is 2.32. The van der Waals surface area contributed by atoms with E-state index in [0.717, 1.165) is 6.42 Å². The van der Waals surface area contributed by atoms with E-state index in [4.69, 9.17) is 11.5 Å². The summed E-state index contributed by atoms with van der Waals surface area (Å²) in [5.74, 6) is -0.162. The lowest BCUT2D eigenvalue weighted by molar-refractivity contribution is 0.0990. The molecule has 12 heavy (non-hydrogen) atoms. The molecule has 0 aliphatic heterocycles. The van der Waals surface area contributed by atoms with Crippen molar-refractivity contribution in [2.75, 3.05) is 5.73 Å². The highest BCUT2D eigenvalue weighted by Crippen LogP contribution is 2.05. The molecule has 0 unspecified atom stereocenters. The number of aryl methyl sites for hydroxylation is 1. The first-order valence-electron chi connectivity index (χ1n) is 3.78. The van der Waals surface area contributed by atoms with Gasteiger partial charge in [0.1, 0.15) is 11.5 Å². The lowest BCUT2D eigenvalue weighted by Gasteiger charge is -2.00. The molecule has 66 valence electrons. The Labute approximate surface area is 70.3 Å². The van der Waals surface area contributed by atoms with Crippen molar-refractivity contribution in [2.45, 2.75) is 19.9 Å². The molecule has 4 N–H and O–H groups in total. The Morgan fingerprint density at radius 2 is 2.42 bits per heavy atom. The number of nitrogens with two attached hydrogens (primary N) is 2. The number of nitrogen functional groups attached to an aromatic ring is 1. The molecule has 1 rings (SSSR count). The van der Waals surface area contributed by atoms with Crippen LogP contribution < -0.4 is 11.5 Å². The number of nitrogens with zero attached hydrogens (tertiary/aromatic N) is 2. The minimum atomic E-state index is -0.493. The van der Waals surface area contributed by atoms with E-state index in [0.29, 0.717) is 18.1 Å². The van der Waals surface area contributed by atoms with Gasteiger partial charge in [0, 0.05) is 12.6 Å². The number of hydrogen-bond donors (Lipinski definition) is 2. The molecule has 1 amide bonds. The summed E-state index contributed by atoms with van der Waals surface area (Å²) in [5.41, 5.74) is 10.9. The normalized spacial score (nSPS) is 10.1. The predicted molar refractivity (Wildman–Crippen MR) is 45.4 cm³/mol. The van der Waals surface area contributed by atoms with Gasteiger partial charge in [-0.15, -0.1) is 0 Å². The number of aromatic nitrogens is 2. The van der Waals surface area contributed by atoms with Crippen LogP contribution in [0, 0.1) is 0 Å². The van der Waals surface area contributed by atoms with Crippen LogP contribution in [0.4, 0.5) is 5.82 Å². The van der Waals surface area contributed by atoms with Crippen molar-refractivity contribution in [2.24, 2.45) is 5.73 Å². The maximum Gasteiger partial charge on any atom is 0.267 e. The first kappa shape index (κ1) is 8.58. The fourth-order valence-corrected chi connectivity index (χ4v) is 1.02. The average Bonchev–Trinajstić information content (AvgIpc) is 2.32. The summed E-state index contributed by atoms with van der Waals surface area (Å²) in [6, 6.07) is 1.48. The highest BCUT2D eigenvalue weighted by atomic mass is 16.1. The van der Waals surface area contributed by atoms with Gasteiger partial charge in [-0.3, -0.25) is 9.48 Å². The van der Waals surface area contributed by atoms with Crippen molar-refractivity contribution in [3.8, 4) is 0 Å². The Morgan fingerprint density at radius 1 is 1.75 bits per heavy atom. The van der Waals surface area contributed by atoms with Crippen LogP contribution in [-0.2, 0) is 6.54 Å². The molecule has 5 nitrogen and oxygen atoms in total. The molecule has 0 aliphatic carbocycles. The zero-order valence-electron chi connectivity index (χ0n) is 6.95. The van der Waals surface area contributed by atoms with Crippen LogP contribution in [0.25, 0.3) is 0 Å². The summed E-state index contributed by atoms with van der Waals surface area (Å²) in [5, 5.41) is 3.92. The first-order valence-corrected chi connectivity index (χ1v) is 3.78. The monoisotopic (exact) mass is 168 g/mol. The molecule has 0 saturated carbocycles. The van der Waals surface area contributed by atoms with Crippen molar-refractivity contribution in [1.82, 2.24) is 9.78 Å². The maximum atomic E-state index is 10.8. The molecular formula is C7H12N4O. The number of carbonyl (C=O) groups is 1. The van der Waals surface area contributed by atoms with Gasteiger partial charge in [-0.1, -0.05) is 6.92 Å². The van der Waals surface area contributed by atoms with Gasteiger partial charge in [0.05, 0.1) is 0 Å². The van der Waals surface area contributed by atoms with E-state index >= 15 is 0 Å². The van der Waals surface area contributed by atoms with E-state index in [1.807, 2.05) is 6.92 Å². The number of carbonyl (C=O) groups excluding carboxylic acids is 1. The largest absolute Gasteiger partial charge is 0.382 e. The zero-order valence-corrected chi connectivity index (χ0v) is 6.95. The van der Waals surface area contributed by atoms with Crippen LogP contribution in [0.15, 0.2) is 6.07 Å². The van der Waals surface area contributed by atoms with E-state index in [1.54, 1.807) is 0 Å². The molecule has 0 aliphatic rings. The highest BCUT2D eigenvalue weighted by molar-refractivity contribution is 5.91. The Morgan fingerprint density at radius 3 is 2.92 bits per heavy atom. The van der Waals surface area contributed by atoms with Crippen LogP contribution in [0.1, 0.15) is 23.8 Å². The third kappa shape index (κ3) is 1.55. The summed E-state index contributed by atoms with van der Waals surface area (Å²) in [7, 11) is 0. The quantitative estimate of drug-likeness (QED) is 0.664. The standard InChI is InChI=1S/C7H12N4O/c1-2-3-11-5(7(9)12)4-6(8)10-11/h4H,2-3H2,1H3,(H2,8,10)(H2,9,12). The molecular weight excluding hydrogens is 156 g/mol. The van der Waals surface area contributed by atoms with Gasteiger partial charge in [0.15, 0.2) is 0 Å². The lowest BCUT2D eigenvalue weighted by Crippen LogP contribution is -2.17. The summed E-state index contributed by atoms with van der Waals surface area (Å²) in [6.45, 7) is 2.65. The van der Waals surface area contributed by atoms with Gasteiger partial charge in [0.2, 0.25) is 0 Å². The van der Waals surface area contributed by atoms with E-state index in [2.05, 4.69) is 5.10 Å². The summed E-state index contributed by atoms with van der Waals surface area (Å²) < 4.78 is 1.53. The topological polar surface area (TPSA) is 86.9 Å².